The van der Waals surface area contributed by atoms with Gasteiger partial charge in [-0.1, -0.05) is 41.4 Å². The van der Waals surface area contributed by atoms with E-state index in [9.17, 15) is 0 Å². The van der Waals surface area contributed by atoms with Crippen LogP contribution >= 0.6 is 36.4 Å². The van der Waals surface area contributed by atoms with Crippen LogP contribution in [0.15, 0.2) is 36.5 Å². The molecule has 1 aliphatic carbocycles. The lowest BCUT2D eigenvalue weighted by molar-refractivity contribution is 0.238. The summed E-state index contributed by atoms with van der Waals surface area (Å²) >= 11 is 6.21. The third kappa shape index (κ3) is 4.74. The highest BCUT2D eigenvalue weighted by Crippen LogP contribution is 2.44. The zero-order valence-corrected chi connectivity index (χ0v) is 15.3. The Kier molecular flexibility index (Phi) is 7.15. The highest BCUT2D eigenvalue weighted by Gasteiger charge is 2.42. The zero-order chi connectivity index (χ0) is 14.9. The molecule has 0 radical (unpaired) electrons. The molecule has 1 aromatic carbocycles. The van der Waals surface area contributed by atoms with Gasteiger partial charge in [-0.05, 0) is 31.4 Å². The normalized spacial score (nSPS) is 14.4. The molecule has 0 saturated heterocycles. The van der Waals surface area contributed by atoms with Crippen LogP contribution in [0.5, 0.6) is 5.75 Å². The summed E-state index contributed by atoms with van der Waals surface area (Å²) in [6.45, 7) is 3.39. The maximum absolute atomic E-state index is 6.21. The number of nitrogens with zero attached hydrogens (tertiary/aromatic N) is 1. The standard InChI is InChI=1S/C17H19ClN2O.2ClH/c1-12-2-4-13(5-3-12)15-8-14(9-20-16(15)18)21-11-17(10-19)6-7-17;;/h2-5,8-9H,6-7,10-11,19H2,1H3;2*1H. The predicted molar refractivity (Wildman–Crippen MR) is 100 cm³/mol. The van der Waals surface area contributed by atoms with Gasteiger partial charge in [0.05, 0.1) is 12.8 Å². The van der Waals surface area contributed by atoms with E-state index in [1.807, 2.05) is 18.2 Å². The average Bonchev–Trinajstić information content (AvgIpc) is 3.28. The summed E-state index contributed by atoms with van der Waals surface area (Å²) in [5.74, 6) is 0.745. The molecule has 6 heteroatoms. The molecule has 1 saturated carbocycles. The van der Waals surface area contributed by atoms with Crippen LogP contribution in [0.4, 0.5) is 0 Å². The predicted octanol–water partition coefficient (Wildman–Crippen LogP) is 4.67. The smallest absolute Gasteiger partial charge is 0.138 e. The van der Waals surface area contributed by atoms with Gasteiger partial charge in [0.1, 0.15) is 10.9 Å². The monoisotopic (exact) mass is 374 g/mol. The van der Waals surface area contributed by atoms with Crippen LogP contribution in [-0.2, 0) is 0 Å². The maximum Gasteiger partial charge on any atom is 0.138 e. The summed E-state index contributed by atoms with van der Waals surface area (Å²) in [6.07, 6.45) is 3.97. The molecule has 0 aliphatic heterocycles. The molecule has 3 nitrogen and oxygen atoms in total. The molecule has 1 fully saturated rings. The largest absolute Gasteiger partial charge is 0.491 e. The first-order chi connectivity index (χ1) is 10.1. The first kappa shape index (κ1) is 20.0. The topological polar surface area (TPSA) is 48.1 Å². The highest BCUT2D eigenvalue weighted by atomic mass is 35.5. The third-order valence-corrected chi connectivity index (χ3v) is 4.41. The number of pyridine rings is 1. The molecule has 0 spiro atoms. The number of ether oxygens (including phenoxy) is 1. The molecule has 3 rings (SSSR count). The fourth-order valence-electron chi connectivity index (χ4n) is 2.26. The summed E-state index contributed by atoms with van der Waals surface area (Å²) in [5.41, 5.74) is 9.12. The van der Waals surface area contributed by atoms with Crippen LogP contribution in [0.1, 0.15) is 18.4 Å². The third-order valence-electron chi connectivity index (χ3n) is 4.11. The molecule has 126 valence electrons. The van der Waals surface area contributed by atoms with E-state index in [0.717, 1.165) is 29.7 Å². The quantitative estimate of drug-likeness (QED) is 0.772. The van der Waals surface area contributed by atoms with Crippen LogP contribution < -0.4 is 10.5 Å². The molecule has 2 aromatic rings. The summed E-state index contributed by atoms with van der Waals surface area (Å²) < 4.78 is 5.86. The zero-order valence-electron chi connectivity index (χ0n) is 12.9. The van der Waals surface area contributed by atoms with Gasteiger partial charge in [-0.2, -0.15) is 0 Å². The Bertz CT molecular complexity index is 643. The first-order valence-electron chi connectivity index (χ1n) is 7.17. The summed E-state index contributed by atoms with van der Waals surface area (Å²) in [7, 11) is 0. The van der Waals surface area contributed by atoms with Crippen molar-refractivity contribution in [3.63, 3.8) is 0 Å². The van der Waals surface area contributed by atoms with Crippen molar-refractivity contribution in [2.24, 2.45) is 11.1 Å². The number of hydrogen-bond acceptors (Lipinski definition) is 3. The van der Waals surface area contributed by atoms with Gasteiger partial charge < -0.3 is 10.5 Å². The molecular weight excluding hydrogens is 355 g/mol. The van der Waals surface area contributed by atoms with Crippen LogP contribution in [0, 0.1) is 12.3 Å². The highest BCUT2D eigenvalue weighted by molar-refractivity contribution is 6.32. The Morgan fingerprint density at radius 1 is 1.22 bits per heavy atom. The second-order valence-corrected chi connectivity index (χ2v) is 6.23. The van der Waals surface area contributed by atoms with Gasteiger partial charge in [0.15, 0.2) is 0 Å². The lowest BCUT2D eigenvalue weighted by Crippen LogP contribution is -2.22. The van der Waals surface area contributed by atoms with E-state index in [1.165, 1.54) is 5.56 Å². The van der Waals surface area contributed by atoms with E-state index in [2.05, 4.69) is 24.0 Å². The Balaban J connectivity index is 0.00000132. The lowest BCUT2D eigenvalue weighted by Gasteiger charge is -2.14. The second kappa shape index (κ2) is 8.20. The van der Waals surface area contributed by atoms with Crippen molar-refractivity contribution < 1.29 is 4.74 Å². The SMILES string of the molecule is Cc1ccc(-c2cc(OCC3(CN)CC3)cnc2Cl)cc1.Cl.Cl. The molecule has 1 aliphatic rings. The average molecular weight is 376 g/mol. The number of halogens is 3. The van der Waals surface area contributed by atoms with Gasteiger partial charge in [0, 0.05) is 17.5 Å². The molecule has 0 unspecified atom stereocenters. The Morgan fingerprint density at radius 2 is 1.87 bits per heavy atom. The molecule has 0 amide bonds. The summed E-state index contributed by atoms with van der Waals surface area (Å²) in [6, 6.07) is 10.2. The van der Waals surface area contributed by atoms with E-state index in [-0.39, 0.29) is 30.2 Å². The molecule has 0 atom stereocenters. The molecule has 23 heavy (non-hydrogen) atoms. The van der Waals surface area contributed by atoms with Gasteiger partial charge in [-0.25, -0.2) is 4.98 Å². The van der Waals surface area contributed by atoms with E-state index < -0.39 is 0 Å². The Labute approximate surface area is 154 Å². The van der Waals surface area contributed by atoms with Gasteiger partial charge in [0.25, 0.3) is 0 Å². The number of nitrogens with two attached hydrogens (primary N) is 1. The van der Waals surface area contributed by atoms with Crippen molar-refractivity contribution in [2.45, 2.75) is 19.8 Å². The van der Waals surface area contributed by atoms with Crippen molar-refractivity contribution in [2.75, 3.05) is 13.2 Å². The van der Waals surface area contributed by atoms with Crippen molar-refractivity contribution in [1.82, 2.24) is 4.98 Å². The molecular formula is C17H21Cl3N2O. The second-order valence-electron chi connectivity index (χ2n) is 5.87. The number of aryl methyl sites for hydroxylation is 1. The van der Waals surface area contributed by atoms with Gasteiger partial charge in [0.2, 0.25) is 0 Å². The molecule has 1 heterocycles. The van der Waals surface area contributed by atoms with Crippen molar-refractivity contribution in [3.8, 4) is 16.9 Å². The fourth-order valence-corrected chi connectivity index (χ4v) is 2.48. The molecule has 0 bridgehead atoms. The number of aromatic nitrogens is 1. The van der Waals surface area contributed by atoms with Gasteiger partial charge in [-0.15, -0.1) is 24.8 Å². The summed E-state index contributed by atoms with van der Waals surface area (Å²) in [5, 5.41) is 0.492. The van der Waals surface area contributed by atoms with Crippen molar-refractivity contribution in [3.05, 3.63) is 47.2 Å². The van der Waals surface area contributed by atoms with E-state index in [0.29, 0.717) is 18.3 Å². The number of hydrogen-bond donors (Lipinski definition) is 1. The Morgan fingerprint density at radius 3 is 2.43 bits per heavy atom. The fraction of sp³-hybridized carbons (Fsp3) is 0.353. The van der Waals surface area contributed by atoms with Crippen LogP contribution in [-0.4, -0.2) is 18.1 Å². The summed E-state index contributed by atoms with van der Waals surface area (Å²) in [4.78, 5) is 4.23. The minimum absolute atomic E-state index is 0. The van der Waals surface area contributed by atoms with Crippen molar-refractivity contribution in [1.29, 1.82) is 0 Å². The number of rotatable bonds is 5. The number of benzene rings is 1. The first-order valence-corrected chi connectivity index (χ1v) is 7.55. The van der Waals surface area contributed by atoms with Gasteiger partial charge in [-0.3, -0.25) is 0 Å². The van der Waals surface area contributed by atoms with Crippen LogP contribution in [0.3, 0.4) is 0 Å². The minimum Gasteiger partial charge on any atom is -0.491 e. The lowest BCUT2D eigenvalue weighted by atomic mass is 10.1. The molecule has 1 aromatic heterocycles. The van der Waals surface area contributed by atoms with Gasteiger partial charge >= 0.3 is 0 Å². The van der Waals surface area contributed by atoms with Crippen LogP contribution in [0.2, 0.25) is 5.15 Å². The maximum atomic E-state index is 6.21. The van der Waals surface area contributed by atoms with Crippen molar-refractivity contribution >= 4 is 36.4 Å². The Hall–Kier alpha value is -1.00. The minimum atomic E-state index is 0. The van der Waals surface area contributed by atoms with E-state index in [1.54, 1.807) is 6.20 Å². The van der Waals surface area contributed by atoms with E-state index >= 15 is 0 Å². The molecule has 2 N–H and O–H groups in total. The van der Waals surface area contributed by atoms with Crippen LogP contribution in [0.25, 0.3) is 11.1 Å². The van der Waals surface area contributed by atoms with E-state index in [4.69, 9.17) is 22.1 Å².